The van der Waals surface area contributed by atoms with Crippen molar-refractivity contribution in [3.05, 3.63) is 90.6 Å². The van der Waals surface area contributed by atoms with Crippen molar-refractivity contribution in [3.8, 4) is 23.6 Å². The molecule has 3 heterocycles. The summed E-state index contributed by atoms with van der Waals surface area (Å²) in [7, 11) is 4.02. The van der Waals surface area contributed by atoms with Crippen LogP contribution in [-0.4, -0.2) is 84.6 Å². The highest BCUT2D eigenvalue weighted by Gasteiger charge is 2.33. The number of nitriles is 1. The van der Waals surface area contributed by atoms with Crippen molar-refractivity contribution < 1.29 is 14.3 Å². The molecule has 6 rings (SSSR count). The van der Waals surface area contributed by atoms with Gasteiger partial charge < -0.3 is 29.1 Å². The van der Waals surface area contributed by atoms with E-state index in [9.17, 15) is 10.1 Å². The highest BCUT2D eigenvalue weighted by atomic mass is 16.5. The fourth-order valence-electron chi connectivity index (χ4n) is 6.58. The van der Waals surface area contributed by atoms with Crippen LogP contribution in [0.3, 0.4) is 0 Å². The fraction of sp³-hybridized carbons (Fsp3) is 0.351. The third kappa shape index (κ3) is 7.16. The first kappa shape index (κ1) is 31.8. The van der Waals surface area contributed by atoms with Crippen molar-refractivity contribution >= 4 is 28.2 Å². The summed E-state index contributed by atoms with van der Waals surface area (Å²) in [6.45, 7) is 9.29. The minimum Gasteiger partial charge on any atom is -0.459 e. The molecule has 4 aromatic rings. The molecule has 0 bridgehead atoms. The van der Waals surface area contributed by atoms with Crippen LogP contribution < -0.4 is 19.3 Å². The Hall–Kier alpha value is -5.14. The molecule has 10 nitrogen and oxygen atoms in total. The molecule has 1 aromatic heterocycles. The summed E-state index contributed by atoms with van der Waals surface area (Å²) in [6, 6.07) is 24.7. The van der Waals surface area contributed by atoms with Crippen LogP contribution in [0.25, 0.3) is 10.8 Å². The number of anilines is 2. The minimum absolute atomic E-state index is 0.125. The average Bonchev–Trinajstić information content (AvgIpc) is 3.07. The molecule has 0 radical (unpaired) electrons. The molecule has 1 amide bonds. The van der Waals surface area contributed by atoms with E-state index in [2.05, 4.69) is 57.7 Å². The molecule has 2 aliphatic heterocycles. The second-order valence-electron chi connectivity index (χ2n) is 12.4. The molecule has 0 saturated carbocycles. The van der Waals surface area contributed by atoms with Crippen molar-refractivity contribution in [3.63, 3.8) is 0 Å². The quantitative estimate of drug-likeness (QED) is 0.212. The molecule has 242 valence electrons. The van der Waals surface area contributed by atoms with Gasteiger partial charge >= 0.3 is 6.01 Å². The Balaban J connectivity index is 1.36. The predicted molar refractivity (Wildman–Crippen MR) is 184 cm³/mol. The van der Waals surface area contributed by atoms with Gasteiger partial charge in [0.2, 0.25) is 5.91 Å². The Labute approximate surface area is 276 Å². The normalized spacial score (nSPS) is 16.8. The number of benzene rings is 3. The van der Waals surface area contributed by atoms with E-state index in [1.165, 1.54) is 6.08 Å². The third-order valence-electron chi connectivity index (χ3n) is 8.65. The molecule has 0 aliphatic carbocycles. The minimum atomic E-state index is -0.263. The Bertz CT molecular complexity index is 1790. The number of para-hydroxylation sites is 1. The van der Waals surface area contributed by atoms with Gasteiger partial charge in [0.05, 0.1) is 30.8 Å². The van der Waals surface area contributed by atoms with E-state index >= 15 is 0 Å². The summed E-state index contributed by atoms with van der Waals surface area (Å²) in [5, 5.41) is 11.8. The van der Waals surface area contributed by atoms with Gasteiger partial charge in [-0.3, -0.25) is 4.79 Å². The predicted octanol–water partition coefficient (Wildman–Crippen LogP) is 5.43. The number of aromatic nitrogens is 2. The largest absolute Gasteiger partial charge is 0.459 e. The van der Waals surface area contributed by atoms with Crippen LogP contribution in [0.2, 0.25) is 0 Å². The summed E-state index contributed by atoms with van der Waals surface area (Å²) in [4.78, 5) is 30.9. The van der Waals surface area contributed by atoms with Gasteiger partial charge in [0, 0.05) is 55.4 Å². The van der Waals surface area contributed by atoms with Gasteiger partial charge in [-0.1, -0.05) is 49.0 Å². The lowest BCUT2D eigenvalue weighted by Gasteiger charge is -2.42. The van der Waals surface area contributed by atoms with Crippen molar-refractivity contribution in [2.75, 3.05) is 56.6 Å². The van der Waals surface area contributed by atoms with Gasteiger partial charge in [-0.2, -0.15) is 15.2 Å². The summed E-state index contributed by atoms with van der Waals surface area (Å²) in [5.74, 6) is 2.23. The van der Waals surface area contributed by atoms with Crippen LogP contribution in [0.4, 0.5) is 11.5 Å². The molecule has 2 aliphatic rings. The first-order valence-corrected chi connectivity index (χ1v) is 16.1. The summed E-state index contributed by atoms with van der Waals surface area (Å²) >= 11 is 0. The first-order valence-electron chi connectivity index (χ1n) is 16.1. The smallest absolute Gasteiger partial charge is 0.318 e. The number of likely N-dealkylation sites (N-methyl/N-ethyl adjacent to an activating group) is 1. The van der Waals surface area contributed by atoms with Crippen molar-refractivity contribution in [2.24, 2.45) is 0 Å². The van der Waals surface area contributed by atoms with Crippen molar-refractivity contribution in [2.45, 2.75) is 38.5 Å². The molecular weight excluding hydrogens is 590 g/mol. The first-order chi connectivity index (χ1) is 22.8. The second-order valence-corrected chi connectivity index (χ2v) is 12.4. The molecule has 10 heteroatoms. The number of carbonyl (C=O) groups is 1. The number of amides is 1. The van der Waals surface area contributed by atoms with Crippen LogP contribution >= 0.6 is 0 Å². The number of piperazine rings is 1. The van der Waals surface area contributed by atoms with Gasteiger partial charge in [-0.05, 0) is 57.1 Å². The van der Waals surface area contributed by atoms with Crippen LogP contribution in [0.15, 0.2) is 79.4 Å². The van der Waals surface area contributed by atoms with E-state index in [1.807, 2.05) is 57.4 Å². The Morgan fingerprint density at radius 1 is 1.06 bits per heavy atom. The van der Waals surface area contributed by atoms with Crippen LogP contribution in [0.1, 0.15) is 24.6 Å². The zero-order valence-corrected chi connectivity index (χ0v) is 27.3. The molecule has 0 N–H and O–H groups in total. The average molecular weight is 632 g/mol. The Morgan fingerprint density at radius 3 is 2.62 bits per heavy atom. The summed E-state index contributed by atoms with van der Waals surface area (Å²) in [6.07, 6.45) is 2.16. The maximum Gasteiger partial charge on any atom is 0.318 e. The molecule has 47 heavy (non-hydrogen) atoms. The highest BCUT2D eigenvalue weighted by molar-refractivity contribution is 5.96. The molecule has 1 fully saturated rings. The molecule has 1 unspecified atom stereocenters. The van der Waals surface area contributed by atoms with E-state index in [1.54, 1.807) is 4.90 Å². The Kier molecular flexibility index (Phi) is 9.55. The standard InChI is InChI=1S/C37H41N7O3/c1-5-35(45)44-20-19-43(24-28(44)15-17-38)36-32-16-18-42(25-33(32)39-37(40-36)46-26(2)23-41(3)4)34-22-30(47-29-12-7-6-8-13-29)21-27-11-9-10-14-31(27)34/h5-14,21-22,26,28H,1,15-16,18-20,23-25H2,2-4H3/t26-,28?/m1/s1. The van der Waals surface area contributed by atoms with Gasteiger partial charge in [0.15, 0.2) is 0 Å². The number of carbonyl (C=O) groups excluding carboxylic acids is 1. The number of ether oxygens (including phenoxy) is 2. The van der Waals surface area contributed by atoms with E-state index in [0.29, 0.717) is 38.7 Å². The monoisotopic (exact) mass is 631 g/mol. The van der Waals surface area contributed by atoms with Crippen LogP contribution in [0.5, 0.6) is 17.5 Å². The number of rotatable bonds is 10. The maximum atomic E-state index is 12.6. The number of hydrogen-bond acceptors (Lipinski definition) is 9. The third-order valence-corrected chi connectivity index (χ3v) is 8.65. The van der Waals surface area contributed by atoms with Crippen molar-refractivity contribution in [1.29, 1.82) is 5.26 Å². The van der Waals surface area contributed by atoms with Gasteiger partial charge in [0.1, 0.15) is 23.4 Å². The summed E-state index contributed by atoms with van der Waals surface area (Å²) in [5.41, 5.74) is 3.07. The number of nitrogens with zero attached hydrogens (tertiary/aromatic N) is 7. The summed E-state index contributed by atoms with van der Waals surface area (Å²) < 4.78 is 12.6. The lowest BCUT2D eigenvalue weighted by molar-refractivity contribution is -0.128. The lowest BCUT2D eigenvalue weighted by Crippen LogP contribution is -2.55. The van der Waals surface area contributed by atoms with Crippen molar-refractivity contribution in [1.82, 2.24) is 19.8 Å². The molecule has 1 saturated heterocycles. The van der Waals surface area contributed by atoms with Gasteiger partial charge in [-0.25, -0.2) is 0 Å². The maximum absolute atomic E-state index is 12.6. The number of fused-ring (bicyclic) bond motifs is 2. The van der Waals surface area contributed by atoms with E-state index in [0.717, 1.165) is 58.0 Å². The molecular formula is C37H41N7O3. The van der Waals surface area contributed by atoms with Crippen LogP contribution in [-0.2, 0) is 17.8 Å². The van der Waals surface area contributed by atoms with E-state index < -0.39 is 0 Å². The highest BCUT2D eigenvalue weighted by Crippen LogP contribution is 2.38. The Morgan fingerprint density at radius 2 is 1.85 bits per heavy atom. The molecule has 2 atom stereocenters. The van der Waals surface area contributed by atoms with Gasteiger partial charge in [-0.15, -0.1) is 0 Å². The van der Waals surface area contributed by atoms with E-state index in [-0.39, 0.29) is 24.5 Å². The zero-order chi connectivity index (χ0) is 32.9. The fourth-order valence-corrected chi connectivity index (χ4v) is 6.58. The topological polar surface area (TPSA) is 98.1 Å². The lowest BCUT2D eigenvalue weighted by atomic mass is 10.0. The zero-order valence-electron chi connectivity index (χ0n) is 27.3. The SMILES string of the molecule is C=CC(=O)N1CCN(c2nc(O[C@H](C)CN(C)C)nc3c2CCN(c2cc(Oc4ccccc4)cc4ccccc24)C3)CC1CC#N. The molecule has 3 aromatic carbocycles. The van der Waals surface area contributed by atoms with E-state index in [4.69, 9.17) is 19.4 Å². The number of hydrogen-bond donors (Lipinski definition) is 0. The molecule has 0 spiro atoms. The second kappa shape index (κ2) is 14.1. The van der Waals surface area contributed by atoms with Crippen LogP contribution in [0, 0.1) is 11.3 Å². The van der Waals surface area contributed by atoms with Gasteiger partial charge in [0.25, 0.3) is 0 Å².